The van der Waals surface area contributed by atoms with Crippen molar-refractivity contribution >= 4 is 21.6 Å². The van der Waals surface area contributed by atoms with Crippen LogP contribution in [0.5, 0.6) is 0 Å². The van der Waals surface area contributed by atoms with Crippen LogP contribution >= 0.6 is 0 Å². The van der Waals surface area contributed by atoms with Crippen molar-refractivity contribution in [1.82, 2.24) is 5.32 Å². The van der Waals surface area contributed by atoms with Crippen molar-refractivity contribution in [3.05, 3.63) is 64.7 Å². The summed E-state index contributed by atoms with van der Waals surface area (Å²) in [6.45, 7) is 2.02. The Balaban J connectivity index is 1.78. The highest BCUT2D eigenvalue weighted by Crippen LogP contribution is 2.30. The van der Waals surface area contributed by atoms with E-state index in [9.17, 15) is 22.0 Å². The van der Waals surface area contributed by atoms with Crippen molar-refractivity contribution in [2.75, 3.05) is 17.1 Å². The van der Waals surface area contributed by atoms with Crippen LogP contribution < -0.4 is 9.62 Å². The van der Waals surface area contributed by atoms with Gasteiger partial charge in [-0.05, 0) is 54.8 Å². The van der Waals surface area contributed by atoms with Crippen LogP contribution in [0, 0.1) is 11.6 Å². The van der Waals surface area contributed by atoms with Crippen LogP contribution in [-0.2, 0) is 16.4 Å². The van der Waals surface area contributed by atoms with Crippen LogP contribution in [0.25, 0.3) is 0 Å². The van der Waals surface area contributed by atoms with Crippen molar-refractivity contribution in [2.45, 2.75) is 19.4 Å². The van der Waals surface area contributed by atoms with Crippen LogP contribution in [0.4, 0.5) is 14.5 Å². The Morgan fingerprint density at radius 1 is 1.15 bits per heavy atom. The Kier molecular flexibility index (Phi) is 4.70. The number of fused-ring (bicyclic) bond motifs is 1. The van der Waals surface area contributed by atoms with E-state index in [1.807, 2.05) is 0 Å². The monoisotopic (exact) mass is 380 g/mol. The molecule has 1 aliphatic heterocycles. The highest BCUT2D eigenvalue weighted by Gasteiger charge is 2.27. The largest absolute Gasteiger partial charge is 0.346 e. The summed E-state index contributed by atoms with van der Waals surface area (Å²) in [4.78, 5) is 12.4. The van der Waals surface area contributed by atoms with Gasteiger partial charge >= 0.3 is 0 Å². The molecule has 26 heavy (non-hydrogen) atoms. The summed E-state index contributed by atoms with van der Waals surface area (Å²) >= 11 is 0. The molecule has 0 fully saturated rings. The molecule has 0 aromatic heterocycles. The van der Waals surface area contributed by atoms with Gasteiger partial charge < -0.3 is 5.32 Å². The van der Waals surface area contributed by atoms with Crippen LogP contribution in [0.2, 0.25) is 0 Å². The first-order valence-electron chi connectivity index (χ1n) is 8.03. The number of amides is 1. The maximum absolute atomic E-state index is 13.3. The molecule has 138 valence electrons. The summed E-state index contributed by atoms with van der Waals surface area (Å²) in [5, 5.41) is 2.73. The molecule has 8 heteroatoms. The van der Waals surface area contributed by atoms with Crippen LogP contribution in [0.3, 0.4) is 0 Å². The zero-order chi connectivity index (χ0) is 19.1. The van der Waals surface area contributed by atoms with Crippen LogP contribution in [0.15, 0.2) is 36.4 Å². The SMILES string of the molecule is C[C@H](NC(=O)c1ccc2c(c1)CCN2S(C)(=O)=O)c1ccc(F)c(F)c1. The fraction of sp³-hybridized carbons (Fsp3) is 0.278. The maximum Gasteiger partial charge on any atom is 0.251 e. The number of hydrogen-bond donors (Lipinski definition) is 1. The van der Waals surface area contributed by atoms with E-state index in [-0.39, 0.29) is 5.91 Å². The number of nitrogens with one attached hydrogen (secondary N) is 1. The molecular formula is C18H18F2N2O3S. The molecule has 1 amide bonds. The minimum absolute atomic E-state index is 0.352. The fourth-order valence-corrected chi connectivity index (χ4v) is 3.96. The number of rotatable bonds is 4. The molecule has 1 atom stereocenters. The van der Waals surface area contributed by atoms with Crippen molar-refractivity contribution < 1.29 is 22.0 Å². The number of nitrogens with zero attached hydrogens (tertiary/aromatic N) is 1. The lowest BCUT2D eigenvalue weighted by atomic mass is 10.1. The Bertz CT molecular complexity index is 976. The van der Waals surface area contributed by atoms with Gasteiger partial charge in [-0.15, -0.1) is 0 Å². The van der Waals surface area contributed by atoms with E-state index < -0.39 is 27.7 Å². The second-order valence-electron chi connectivity index (χ2n) is 6.30. The summed E-state index contributed by atoms with van der Waals surface area (Å²) in [7, 11) is -3.35. The Morgan fingerprint density at radius 3 is 2.54 bits per heavy atom. The number of halogens is 2. The molecule has 0 spiro atoms. The predicted molar refractivity (Wildman–Crippen MR) is 94.6 cm³/mol. The smallest absolute Gasteiger partial charge is 0.251 e. The van der Waals surface area contributed by atoms with Crippen molar-refractivity contribution in [3.8, 4) is 0 Å². The summed E-state index contributed by atoms with van der Waals surface area (Å²) in [6.07, 6.45) is 1.68. The normalized spacial score (nSPS) is 14.8. The lowest BCUT2D eigenvalue weighted by Crippen LogP contribution is -2.28. The first-order valence-corrected chi connectivity index (χ1v) is 9.88. The van der Waals surface area contributed by atoms with E-state index in [0.717, 1.165) is 24.0 Å². The average molecular weight is 380 g/mol. The van der Waals surface area contributed by atoms with Crippen LogP contribution in [-0.4, -0.2) is 27.1 Å². The standard InChI is InChI=1S/C18H18F2N2O3S/c1-11(12-3-5-15(19)16(20)10-12)21-18(23)14-4-6-17-13(9-14)7-8-22(17)26(2,24)25/h3-6,9-11H,7-8H2,1-2H3,(H,21,23)/t11-/m0/s1. The van der Waals surface area contributed by atoms with Gasteiger partial charge in [-0.3, -0.25) is 9.10 Å². The fourth-order valence-electron chi connectivity index (χ4n) is 3.00. The third-order valence-corrected chi connectivity index (χ3v) is 5.57. The highest BCUT2D eigenvalue weighted by atomic mass is 32.2. The van der Waals surface area contributed by atoms with E-state index >= 15 is 0 Å². The Morgan fingerprint density at radius 2 is 1.88 bits per heavy atom. The number of sulfonamides is 1. The van der Waals surface area contributed by atoms with Gasteiger partial charge in [-0.2, -0.15) is 0 Å². The van der Waals surface area contributed by atoms with Gasteiger partial charge in [0.1, 0.15) is 0 Å². The third kappa shape index (κ3) is 3.55. The second kappa shape index (κ2) is 6.68. The number of carbonyl (C=O) groups is 1. The van der Waals surface area contributed by atoms with Crippen molar-refractivity contribution in [2.24, 2.45) is 0 Å². The predicted octanol–water partition coefficient (Wildman–Crippen LogP) is 2.78. The van der Waals surface area contributed by atoms with Gasteiger partial charge in [0.25, 0.3) is 5.91 Å². The van der Waals surface area contributed by atoms with Crippen molar-refractivity contribution in [3.63, 3.8) is 0 Å². The third-order valence-electron chi connectivity index (χ3n) is 4.39. The topological polar surface area (TPSA) is 66.5 Å². The molecule has 0 radical (unpaired) electrons. The lowest BCUT2D eigenvalue weighted by Gasteiger charge is -2.17. The summed E-state index contributed by atoms with van der Waals surface area (Å²) in [5.41, 5.74) is 2.19. The first-order chi connectivity index (χ1) is 12.2. The van der Waals surface area contributed by atoms with E-state index in [4.69, 9.17) is 0 Å². The molecule has 1 aliphatic rings. The first kappa shape index (κ1) is 18.3. The number of hydrogen-bond acceptors (Lipinski definition) is 3. The quantitative estimate of drug-likeness (QED) is 0.887. The molecule has 1 N–H and O–H groups in total. The molecule has 1 heterocycles. The maximum atomic E-state index is 13.3. The molecule has 0 aliphatic carbocycles. The second-order valence-corrected chi connectivity index (χ2v) is 8.20. The minimum atomic E-state index is -3.35. The zero-order valence-corrected chi connectivity index (χ0v) is 15.1. The molecule has 0 saturated heterocycles. The van der Waals surface area contributed by atoms with E-state index in [0.29, 0.717) is 29.8 Å². The van der Waals surface area contributed by atoms with Crippen molar-refractivity contribution in [1.29, 1.82) is 0 Å². The lowest BCUT2D eigenvalue weighted by molar-refractivity contribution is 0.0939. The minimum Gasteiger partial charge on any atom is -0.346 e. The summed E-state index contributed by atoms with van der Waals surface area (Å²) < 4.78 is 51.2. The molecule has 0 unspecified atom stereocenters. The molecular weight excluding hydrogens is 362 g/mol. The molecule has 0 saturated carbocycles. The zero-order valence-electron chi connectivity index (χ0n) is 14.3. The van der Waals surface area contributed by atoms with E-state index in [1.165, 1.54) is 10.4 Å². The average Bonchev–Trinajstić information content (AvgIpc) is 3.00. The van der Waals surface area contributed by atoms with Gasteiger partial charge in [0.05, 0.1) is 18.0 Å². The van der Waals surface area contributed by atoms with Gasteiger partial charge in [-0.1, -0.05) is 6.07 Å². The molecule has 2 aromatic carbocycles. The molecule has 0 bridgehead atoms. The van der Waals surface area contributed by atoms with Gasteiger partial charge in [0.15, 0.2) is 11.6 Å². The van der Waals surface area contributed by atoms with E-state index in [2.05, 4.69) is 5.32 Å². The molecule has 3 rings (SSSR count). The summed E-state index contributed by atoms with van der Waals surface area (Å²) in [6, 6.07) is 7.79. The van der Waals surface area contributed by atoms with E-state index in [1.54, 1.807) is 25.1 Å². The Hall–Kier alpha value is -2.48. The highest BCUT2D eigenvalue weighted by molar-refractivity contribution is 7.92. The number of carbonyl (C=O) groups excluding carboxylic acids is 1. The van der Waals surface area contributed by atoms with Gasteiger partial charge in [-0.25, -0.2) is 17.2 Å². The molecule has 5 nitrogen and oxygen atoms in total. The van der Waals surface area contributed by atoms with Gasteiger partial charge in [0.2, 0.25) is 10.0 Å². The number of benzene rings is 2. The number of anilines is 1. The van der Waals surface area contributed by atoms with Crippen LogP contribution in [0.1, 0.15) is 34.5 Å². The molecule has 2 aromatic rings. The van der Waals surface area contributed by atoms with Gasteiger partial charge in [0, 0.05) is 12.1 Å². The summed E-state index contributed by atoms with van der Waals surface area (Å²) in [5.74, 6) is -2.29. The Labute approximate surface area is 150 Å².